The maximum atomic E-state index is 12.0. The molecule has 0 amide bonds. The zero-order chi connectivity index (χ0) is 24.2. The van der Waals surface area contributed by atoms with Crippen LogP contribution in [0.25, 0.3) is 23.1 Å². The number of aliphatic hydroxyl groups excluding tert-OH is 1. The summed E-state index contributed by atoms with van der Waals surface area (Å²) in [5, 5.41) is 12.0. The van der Waals surface area contributed by atoms with Crippen molar-refractivity contribution in [3.8, 4) is 0 Å². The van der Waals surface area contributed by atoms with Crippen molar-refractivity contribution in [2.45, 2.75) is 18.9 Å². The van der Waals surface area contributed by atoms with Crippen LogP contribution in [0.1, 0.15) is 45.3 Å². The zero-order valence-electron chi connectivity index (χ0n) is 19.7. The van der Waals surface area contributed by atoms with E-state index in [1.807, 2.05) is 60.7 Å². The van der Waals surface area contributed by atoms with Crippen molar-refractivity contribution < 1.29 is 14.6 Å². The molecule has 35 heavy (non-hydrogen) atoms. The van der Waals surface area contributed by atoms with Crippen LogP contribution in [0.5, 0.6) is 0 Å². The van der Waals surface area contributed by atoms with Gasteiger partial charge in [-0.3, -0.25) is 0 Å². The summed E-state index contributed by atoms with van der Waals surface area (Å²) < 4.78 is 9.30. The Balaban J connectivity index is 1.28. The van der Waals surface area contributed by atoms with Crippen LogP contribution in [0, 0.1) is 3.57 Å². The number of aryl methyl sites for hydroxylation is 1. The number of hydrogen-bond acceptors (Lipinski definition) is 4. The summed E-state index contributed by atoms with van der Waals surface area (Å²) >= 11 is -0.795. The first-order valence-corrected chi connectivity index (χ1v) is 15.9. The van der Waals surface area contributed by atoms with E-state index in [9.17, 15) is 9.90 Å². The predicted molar refractivity (Wildman–Crippen MR) is 151 cm³/mol. The standard InChI is InChI=1S/C30H28INO3/c1-35-30(34)27-8-3-2-6-22(27)12-16-29(33)24-7-4-5-21(19-24)9-14-26-15-11-23-10-13-25(31-17-18-31)20-28(23)32-26/h2-11,13-15,19-20,29,33H,12,16-18H2,1H3/b14-9+/t29-/m0/s1. The van der Waals surface area contributed by atoms with Crippen LogP contribution in [0.2, 0.25) is 0 Å². The molecule has 0 bridgehead atoms. The molecule has 1 fully saturated rings. The summed E-state index contributed by atoms with van der Waals surface area (Å²) in [6, 6.07) is 26.3. The first-order chi connectivity index (χ1) is 17.1. The summed E-state index contributed by atoms with van der Waals surface area (Å²) in [7, 11) is 1.38. The zero-order valence-corrected chi connectivity index (χ0v) is 21.8. The van der Waals surface area contributed by atoms with E-state index in [-0.39, 0.29) is 5.97 Å². The van der Waals surface area contributed by atoms with E-state index < -0.39 is 25.9 Å². The van der Waals surface area contributed by atoms with Gasteiger partial charge in [0, 0.05) is 0 Å². The average Bonchev–Trinajstić information content (AvgIpc) is 3.76. The minimum absolute atomic E-state index is 0.351. The summed E-state index contributed by atoms with van der Waals surface area (Å²) in [6.45, 7) is 0. The van der Waals surface area contributed by atoms with E-state index in [0.29, 0.717) is 18.4 Å². The molecular formula is C30H28INO3. The normalized spacial score (nSPS) is 14.9. The summed E-state index contributed by atoms with van der Waals surface area (Å²) in [4.78, 5) is 16.9. The molecule has 4 aromatic rings. The van der Waals surface area contributed by atoms with Gasteiger partial charge >= 0.3 is 155 Å². The first-order valence-electron chi connectivity index (χ1n) is 11.8. The number of fused-ring (bicyclic) bond motifs is 1. The molecule has 1 N–H and O–H groups in total. The second-order valence-electron chi connectivity index (χ2n) is 8.61. The van der Waals surface area contributed by atoms with Crippen LogP contribution in [0.3, 0.4) is 0 Å². The van der Waals surface area contributed by atoms with Crippen LogP contribution in [0.4, 0.5) is 0 Å². The number of rotatable bonds is 8. The van der Waals surface area contributed by atoms with E-state index in [0.717, 1.165) is 27.9 Å². The number of benzene rings is 3. The Bertz CT molecular complexity index is 1390. The van der Waals surface area contributed by atoms with Gasteiger partial charge in [0.15, 0.2) is 0 Å². The van der Waals surface area contributed by atoms with Gasteiger partial charge in [0.05, 0.1) is 12.7 Å². The van der Waals surface area contributed by atoms with Crippen molar-refractivity contribution in [1.29, 1.82) is 0 Å². The third-order valence-electron chi connectivity index (χ3n) is 6.21. The Labute approximate surface area is 213 Å². The minimum atomic E-state index is -0.795. The van der Waals surface area contributed by atoms with Crippen LogP contribution in [0.15, 0.2) is 78.9 Å². The van der Waals surface area contributed by atoms with Gasteiger partial charge in [0.2, 0.25) is 0 Å². The number of halogens is 1. The third kappa shape index (κ3) is 5.80. The number of methoxy groups -OCH3 is 1. The van der Waals surface area contributed by atoms with Crippen molar-refractivity contribution in [2.75, 3.05) is 16.0 Å². The number of pyridine rings is 1. The number of carbonyl (C=O) groups excluding carboxylic acids is 1. The number of carbonyl (C=O) groups is 1. The Hall–Kier alpha value is -3.03. The second-order valence-corrected chi connectivity index (χ2v) is 14.6. The molecule has 0 saturated carbocycles. The van der Waals surface area contributed by atoms with Gasteiger partial charge in [-0.25, -0.2) is 4.79 Å². The molecule has 5 rings (SSSR count). The molecular weight excluding hydrogens is 549 g/mol. The molecule has 1 saturated heterocycles. The molecule has 5 heteroatoms. The van der Waals surface area contributed by atoms with Gasteiger partial charge in [0.1, 0.15) is 0 Å². The van der Waals surface area contributed by atoms with E-state index >= 15 is 0 Å². The molecule has 178 valence electrons. The van der Waals surface area contributed by atoms with E-state index in [1.165, 1.54) is 21.4 Å². The van der Waals surface area contributed by atoms with Crippen molar-refractivity contribution >= 4 is 48.8 Å². The molecule has 1 aromatic heterocycles. The van der Waals surface area contributed by atoms with Crippen molar-refractivity contribution in [1.82, 2.24) is 4.98 Å². The number of aliphatic hydroxyl groups is 1. The molecule has 3 aromatic carbocycles. The Morgan fingerprint density at radius 1 is 1.03 bits per heavy atom. The van der Waals surface area contributed by atoms with Crippen LogP contribution in [-0.4, -0.2) is 32.0 Å². The number of nitrogens with zero attached hydrogens (tertiary/aromatic N) is 1. The van der Waals surface area contributed by atoms with Crippen molar-refractivity contribution in [2.24, 2.45) is 0 Å². The average molecular weight is 577 g/mol. The molecule has 4 nitrogen and oxygen atoms in total. The summed E-state index contributed by atoms with van der Waals surface area (Å²) in [5.74, 6) is -0.351. The fourth-order valence-corrected chi connectivity index (χ4v) is 8.42. The molecule has 0 unspecified atom stereocenters. The van der Waals surface area contributed by atoms with Gasteiger partial charge < -0.3 is 4.74 Å². The Kier molecular flexibility index (Phi) is 7.25. The molecule has 0 radical (unpaired) electrons. The summed E-state index contributed by atoms with van der Waals surface area (Å²) in [6.07, 6.45) is 4.54. The number of esters is 1. The van der Waals surface area contributed by atoms with Gasteiger partial charge in [-0.1, -0.05) is 18.2 Å². The Morgan fingerprint density at radius 3 is 2.69 bits per heavy atom. The molecule has 0 aliphatic carbocycles. The number of ether oxygens (including phenoxy) is 1. The van der Waals surface area contributed by atoms with Gasteiger partial charge in [-0.2, -0.15) is 0 Å². The van der Waals surface area contributed by atoms with E-state index in [4.69, 9.17) is 9.72 Å². The van der Waals surface area contributed by atoms with Crippen molar-refractivity contribution in [3.05, 3.63) is 110 Å². The SMILES string of the molecule is COC(=O)c1ccccc1CC[C@H](O)c1cccc(/C=C/c2ccc3ccc(I4CC4)cc3n2)c1. The van der Waals surface area contributed by atoms with Gasteiger partial charge in [-0.05, 0) is 18.1 Å². The number of aromatic nitrogens is 1. The van der Waals surface area contributed by atoms with Crippen LogP contribution < -0.4 is 0 Å². The van der Waals surface area contributed by atoms with Gasteiger partial charge in [-0.15, -0.1) is 0 Å². The predicted octanol–water partition coefficient (Wildman–Crippen LogP) is 6.55. The quantitative estimate of drug-likeness (QED) is 0.147. The monoisotopic (exact) mass is 577 g/mol. The molecule has 0 spiro atoms. The topological polar surface area (TPSA) is 59.4 Å². The number of alkyl halides is 2. The molecule has 1 aliphatic rings. The second kappa shape index (κ2) is 10.7. The maximum absolute atomic E-state index is 12.0. The molecule has 2 heterocycles. The van der Waals surface area contributed by atoms with Crippen LogP contribution >= 0.6 is 19.8 Å². The number of hydrogen-bond donors (Lipinski definition) is 1. The third-order valence-corrected chi connectivity index (χ3v) is 10.8. The van der Waals surface area contributed by atoms with E-state index in [1.54, 1.807) is 9.64 Å². The van der Waals surface area contributed by atoms with Crippen molar-refractivity contribution in [3.63, 3.8) is 0 Å². The van der Waals surface area contributed by atoms with Crippen LogP contribution in [-0.2, 0) is 11.2 Å². The first kappa shape index (κ1) is 23.7. The molecule has 1 atom stereocenters. The summed E-state index contributed by atoms with van der Waals surface area (Å²) in [5.41, 5.74) is 5.30. The molecule has 1 aliphatic heterocycles. The Morgan fingerprint density at radius 2 is 1.86 bits per heavy atom. The fourth-order valence-electron chi connectivity index (χ4n) is 4.18. The van der Waals surface area contributed by atoms with E-state index in [2.05, 4.69) is 24.3 Å². The van der Waals surface area contributed by atoms with Gasteiger partial charge in [0.25, 0.3) is 0 Å². The fraction of sp³-hybridized carbons (Fsp3) is 0.200.